The van der Waals surface area contributed by atoms with E-state index in [2.05, 4.69) is 15.3 Å². The lowest BCUT2D eigenvalue weighted by molar-refractivity contribution is -0.137. The first-order valence-corrected chi connectivity index (χ1v) is 10.1. The number of hydrogen-bond donors (Lipinski definition) is 3. The molecule has 3 rings (SSSR count). The van der Waals surface area contributed by atoms with Crippen molar-refractivity contribution in [2.75, 3.05) is 30.4 Å². The maximum absolute atomic E-state index is 13.5. The molecular formula is C21H27F3N6O2. The number of aromatic nitrogens is 2. The average Bonchev–Trinajstić information content (AvgIpc) is 2.72. The number of methoxy groups -OCH3 is 1. The molecule has 32 heavy (non-hydrogen) atoms. The van der Waals surface area contributed by atoms with E-state index >= 15 is 0 Å². The average molecular weight is 452 g/mol. The molecule has 0 aliphatic carbocycles. The van der Waals surface area contributed by atoms with Gasteiger partial charge in [0.2, 0.25) is 5.95 Å². The number of rotatable bonds is 6. The SMILES string of the molecule is COC(C)(C)c1cc(Nc2nc(N3CCCC(N)C3)ncc2C(N)=O)cc(C(F)(F)F)c1. The highest BCUT2D eigenvalue weighted by Crippen LogP contribution is 2.36. The second kappa shape index (κ2) is 8.91. The number of hydrogen-bond acceptors (Lipinski definition) is 7. The summed E-state index contributed by atoms with van der Waals surface area (Å²) in [6.45, 7) is 4.52. The third-order valence-electron chi connectivity index (χ3n) is 5.51. The van der Waals surface area contributed by atoms with Gasteiger partial charge in [-0.25, -0.2) is 4.98 Å². The molecule has 1 fully saturated rings. The van der Waals surface area contributed by atoms with E-state index in [-0.39, 0.29) is 23.1 Å². The largest absolute Gasteiger partial charge is 0.416 e. The van der Waals surface area contributed by atoms with Gasteiger partial charge in [0.15, 0.2) is 0 Å². The second-order valence-electron chi connectivity index (χ2n) is 8.28. The van der Waals surface area contributed by atoms with E-state index in [0.717, 1.165) is 25.0 Å². The molecule has 1 saturated heterocycles. The molecule has 5 N–H and O–H groups in total. The third-order valence-corrected chi connectivity index (χ3v) is 5.51. The summed E-state index contributed by atoms with van der Waals surface area (Å²) in [6, 6.07) is 3.45. The van der Waals surface area contributed by atoms with Crippen LogP contribution in [0.4, 0.5) is 30.6 Å². The van der Waals surface area contributed by atoms with Crippen molar-refractivity contribution in [3.63, 3.8) is 0 Å². The summed E-state index contributed by atoms with van der Waals surface area (Å²) in [6.07, 6.45) is -1.58. The number of nitrogens with two attached hydrogens (primary N) is 2. The Balaban J connectivity index is 2.05. The summed E-state index contributed by atoms with van der Waals surface area (Å²) >= 11 is 0. The van der Waals surface area contributed by atoms with Crippen molar-refractivity contribution in [2.24, 2.45) is 11.5 Å². The number of carbonyl (C=O) groups is 1. The van der Waals surface area contributed by atoms with E-state index in [9.17, 15) is 18.0 Å². The topological polar surface area (TPSA) is 119 Å². The Kier molecular flexibility index (Phi) is 6.61. The molecule has 2 heterocycles. The van der Waals surface area contributed by atoms with E-state index in [0.29, 0.717) is 24.6 Å². The number of piperidine rings is 1. The first kappa shape index (κ1) is 23.7. The van der Waals surface area contributed by atoms with Crippen molar-refractivity contribution in [2.45, 2.75) is 44.5 Å². The molecule has 1 aliphatic heterocycles. The van der Waals surface area contributed by atoms with Gasteiger partial charge in [-0.1, -0.05) is 0 Å². The van der Waals surface area contributed by atoms with Gasteiger partial charge in [0, 0.05) is 38.1 Å². The molecule has 1 atom stereocenters. The zero-order valence-electron chi connectivity index (χ0n) is 18.2. The molecule has 8 nitrogen and oxygen atoms in total. The molecule has 1 amide bonds. The Hall–Kier alpha value is -2.92. The Bertz CT molecular complexity index is 996. The minimum Gasteiger partial charge on any atom is -0.374 e. The van der Waals surface area contributed by atoms with Crippen LogP contribution in [0, 0.1) is 0 Å². The molecule has 1 aromatic heterocycles. The summed E-state index contributed by atoms with van der Waals surface area (Å²) in [5, 5.41) is 2.83. The highest BCUT2D eigenvalue weighted by Gasteiger charge is 2.33. The van der Waals surface area contributed by atoms with Crippen LogP contribution in [0.15, 0.2) is 24.4 Å². The number of primary amides is 1. The van der Waals surface area contributed by atoms with Gasteiger partial charge in [-0.3, -0.25) is 4.79 Å². The number of alkyl halides is 3. The number of ether oxygens (including phenoxy) is 1. The standard InChI is InChI=1S/C21H27F3N6O2/c1-20(2,32-3)12-7-13(21(22,23)24)9-15(8-12)28-18-16(17(26)31)10-27-19(29-18)30-6-4-5-14(25)11-30/h7-10,14H,4-6,11,25H2,1-3H3,(H2,26,31)(H,27,28,29). The van der Waals surface area contributed by atoms with E-state index in [1.165, 1.54) is 19.4 Å². The number of benzene rings is 1. The van der Waals surface area contributed by atoms with E-state index in [1.807, 2.05) is 4.90 Å². The van der Waals surface area contributed by atoms with Gasteiger partial charge in [-0.05, 0) is 50.5 Å². The molecule has 1 unspecified atom stereocenters. The Labute approximate surface area is 184 Å². The van der Waals surface area contributed by atoms with Crippen LogP contribution in [0.5, 0.6) is 0 Å². The van der Waals surface area contributed by atoms with Crippen molar-refractivity contribution in [3.8, 4) is 0 Å². The van der Waals surface area contributed by atoms with Crippen LogP contribution in [0.1, 0.15) is 48.2 Å². The maximum Gasteiger partial charge on any atom is 0.416 e. The summed E-state index contributed by atoms with van der Waals surface area (Å²) in [5.74, 6) is -0.474. The van der Waals surface area contributed by atoms with E-state index < -0.39 is 23.2 Å². The van der Waals surface area contributed by atoms with Crippen molar-refractivity contribution in [1.82, 2.24) is 9.97 Å². The van der Waals surface area contributed by atoms with Gasteiger partial charge in [0.25, 0.3) is 5.91 Å². The zero-order valence-corrected chi connectivity index (χ0v) is 18.2. The minimum atomic E-state index is -4.58. The molecule has 0 bridgehead atoms. The maximum atomic E-state index is 13.5. The summed E-state index contributed by atoms with van der Waals surface area (Å²) in [5.41, 5.74) is 9.97. The van der Waals surface area contributed by atoms with Crippen LogP contribution in [0.2, 0.25) is 0 Å². The third kappa shape index (κ3) is 5.28. The summed E-state index contributed by atoms with van der Waals surface area (Å²) in [4.78, 5) is 22.4. The summed E-state index contributed by atoms with van der Waals surface area (Å²) in [7, 11) is 1.42. The molecule has 0 saturated carbocycles. The van der Waals surface area contributed by atoms with Crippen molar-refractivity contribution in [1.29, 1.82) is 0 Å². The number of amides is 1. The minimum absolute atomic E-state index is 0.0159. The predicted octanol–water partition coefficient (Wildman–Crippen LogP) is 3.15. The van der Waals surface area contributed by atoms with Crippen LogP contribution in [0.25, 0.3) is 0 Å². The fourth-order valence-electron chi connectivity index (χ4n) is 3.46. The lowest BCUT2D eigenvalue weighted by atomic mass is 9.95. The first-order chi connectivity index (χ1) is 14.9. The monoisotopic (exact) mass is 452 g/mol. The van der Waals surface area contributed by atoms with Crippen LogP contribution in [0.3, 0.4) is 0 Å². The van der Waals surface area contributed by atoms with E-state index in [1.54, 1.807) is 13.8 Å². The Morgan fingerprint density at radius 2 is 1.94 bits per heavy atom. The van der Waals surface area contributed by atoms with Crippen LogP contribution in [-0.2, 0) is 16.5 Å². The van der Waals surface area contributed by atoms with Crippen molar-refractivity contribution in [3.05, 3.63) is 41.1 Å². The summed E-state index contributed by atoms with van der Waals surface area (Å²) < 4.78 is 46.0. The molecule has 174 valence electrons. The van der Waals surface area contributed by atoms with Gasteiger partial charge in [0.1, 0.15) is 11.4 Å². The van der Waals surface area contributed by atoms with Crippen LogP contribution >= 0.6 is 0 Å². The Morgan fingerprint density at radius 1 is 1.25 bits per heavy atom. The lowest BCUT2D eigenvalue weighted by Crippen LogP contribution is -2.43. The predicted molar refractivity (Wildman–Crippen MR) is 115 cm³/mol. The zero-order chi connectivity index (χ0) is 23.7. The van der Waals surface area contributed by atoms with Crippen LogP contribution < -0.4 is 21.7 Å². The van der Waals surface area contributed by atoms with Gasteiger partial charge >= 0.3 is 6.18 Å². The van der Waals surface area contributed by atoms with Crippen LogP contribution in [-0.4, -0.2) is 42.1 Å². The first-order valence-electron chi connectivity index (χ1n) is 10.1. The highest BCUT2D eigenvalue weighted by atomic mass is 19.4. The lowest BCUT2D eigenvalue weighted by Gasteiger charge is -2.31. The number of nitrogens with one attached hydrogen (secondary N) is 1. The normalized spacial score (nSPS) is 17.3. The highest BCUT2D eigenvalue weighted by molar-refractivity contribution is 5.98. The number of carbonyl (C=O) groups excluding carboxylic acids is 1. The van der Waals surface area contributed by atoms with Gasteiger partial charge in [-0.15, -0.1) is 0 Å². The fourth-order valence-corrected chi connectivity index (χ4v) is 3.46. The number of anilines is 3. The molecule has 2 aromatic rings. The van der Waals surface area contributed by atoms with Crippen molar-refractivity contribution >= 4 is 23.4 Å². The van der Waals surface area contributed by atoms with Gasteiger partial charge < -0.3 is 26.4 Å². The smallest absolute Gasteiger partial charge is 0.374 e. The van der Waals surface area contributed by atoms with E-state index in [4.69, 9.17) is 16.2 Å². The van der Waals surface area contributed by atoms with Gasteiger partial charge in [-0.2, -0.15) is 18.2 Å². The quantitative estimate of drug-likeness (QED) is 0.616. The molecule has 11 heteroatoms. The molecular weight excluding hydrogens is 425 g/mol. The van der Waals surface area contributed by atoms with Crippen molar-refractivity contribution < 1.29 is 22.7 Å². The molecule has 0 spiro atoms. The Morgan fingerprint density at radius 3 is 2.53 bits per heavy atom. The molecule has 1 aliphatic rings. The van der Waals surface area contributed by atoms with Gasteiger partial charge in [0.05, 0.1) is 11.2 Å². The number of halogens is 3. The second-order valence-corrected chi connectivity index (χ2v) is 8.28. The molecule has 1 aromatic carbocycles. The fraction of sp³-hybridized carbons (Fsp3) is 0.476. The number of nitrogens with zero attached hydrogens (tertiary/aromatic N) is 3. The molecule has 0 radical (unpaired) electrons.